The highest BCUT2D eigenvalue weighted by molar-refractivity contribution is 6.33. The fraction of sp³-hybridized carbons (Fsp3) is 0.600. The van der Waals surface area contributed by atoms with Crippen molar-refractivity contribution in [1.82, 2.24) is 5.32 Å². The summed E-state index contributed by atoms with van der Waals surface area (Å²) >= 11 is 12.3. The van der Waals surface area contributed by atoms with Crippen LogP contribution in [0.4, 0.5) is 0 Å². The number of hydrogen-bond acceptors (Lipinski definition) is 1. The molecule has 18 heavy (non-hydrogen) atoms. The highest BCUT2D eigenvalue weighted by atomic mass is 35.5. The van der Waals surface area contributed by atoms with Crippen LogP contribution in [-0.2, 0) is 6.42 Å². The molecule has 0 aliphatic heterocycles. The van der Waals surface area contributed by atoms with Crippen molar-refractivity contribution >= 4 is 23.2 Å². The molecule has 0 saturated carbocycles. The van der Waals surface area contributed by atoms with E-state index in [4.69, 9.17) is 23.2 Å². The van der Waals surface area contributed by atoms with Gasteiger partial charge in [-0.1, -0.05) is 44.0 Å². The van der Waals surface area contributed by atoms with Gasteiger partial charge in [0.2, 0.25) is 0 Å². The van der Waals surface area contributed by atoms with Crippen LogP contribution >= 0.6 is 23.2 Å². The predicted molar refractivity (Wildman–Crippen MR) is 81.7 cm³/mol. The summed E-state index contributed by atoms with van der Waals surface area (Å²) in [6.45, 7) is 8.71. The van der Waals surface area contributed by atoms with Gasteiger partial charge in [0.05, 0.1) is 0 Å². The van der Waals surface area contributed by atoms with Crippen LogP contribution in [-0.4, -0.2) is 13.1 Å². The summed E-state index contributed by atoms with van der Waals surface area (Å²) in [5, 5.41) is 5.02. The Morgan fingerprint density at radius 3 is 2.56 bits per heavy atom. The zero-order valence-electron chi connectivity index (χ0n) is 11.5. The standard InChI is InChI=1S/C15H23Cl2N/c1-4-18-10-12(7-11(2)3)8-13-9-14(16)5-6-15(13)17/h5-6,9,11-12,18H,4,7-8,10H2,1-3H3. The van der Waals surface area contributed by atoms with E-state index in [1.807, 2.05) is 18.2 Å². The normalized spacial score (nSPS) is 13.0. The zero-order valence-corrected chi connectivity index (χ0v) is 13.0. The third-order valence-electron chi connectivity index (χ3n) is 3.00. The molecular formula is C15H23Cl2N. The number of benzene rings is 1. The van der Waals surface area contributed by atoms with Crippen LogP contribution in [0.5, 0.6) is 0 Å². The molecule has 0 saturated heterocycles. The molecule has 1 rings (SSSR count). The zero-order chi connectivity index (χ0) is 13.5. The van der Waals surface area contributed by atoms with E-state index >= 15 is 0 Å². The van der Waals surface area contributed by atoms with Crippen molar-refractivity contribution in [3.05, 3.63) is 33.8 Å². The number of halogens is 2. The number of hydrogen-bond donors (Lipinski definition) is 1. The van der Waals surface area contributed by atoms with Gasteiger partial charge in [-0.05, 0) is 61.5 Å². The van der Waals surface area contributed by atoms with E-state index < -0.39 is 0 Å². The quantitative estimate of drug-likeness (QED) is 0.759. The summed E-state index contributed by atoms with van der Waals surface area (Å²) in [5.74, 6) is 1.31. The third kappa shape index (κ3) is 5.60. The van der Waals surface area contributed by atoms with Crippen LogP contribution in [0.1, 0.15) is 32.8 Å². The summed E-state index contributed by atoms with van der Waals surface area (Å²) in [6, 6.07) is 5.72. The molecule has 1 aromatic rings. The van der Waals surface area contributed by atoms with E-state index in [1.165, 1.54) is 6.42 Å². The van der Waals surface area contributed by atoms with E-state index in [2.05, 4.69) is 26.1 Å². The Morgan fingerprint density at radius 1 is 1.22 bits per heavy atom. The lowest BCUT2D eigenvalue weighted by Crippen LogP contribution is -2.25. The predicted octanol–water partition coefficient (Wildman–Crippen LogP) is 4.81. The molecule has 0 spiro atoms. The lowest BCUT2D eigenvalue weighted by molar-refractivity contribution is 0.388. The maximum atomic E-state index is 6.23. The highest BCUT2D eigenvalue weighted by Crippen LogP contribution is 2.25. The van der Waals surface area contributed by atoms with Gasteiger partial charge in [-0.3, -0.25) is 0 Å². The molecule has 3 heteroatoms. The van der Waals surface area contributed by atoms with Crippen LogP contribution in [0.2, 0.25) is 10.0 Å². The second-order valence-electron chi connectivity index (χ2n) is 5.24. The Bertz CT molecular complexity index is 364. The molecule has 1 unspecified atom stereocenters. The molecule has 1 atom stereocenters. The third-order valence-corrected chi connectivity index (χ3v) is 3.61. The maximum absolute atomic E-state index is 6.23. The van der Waals surface area contributed by atoms with Crippen LogP contribution < -0.4 is 5.32 Å². The monoisotopic (exact) mass is 287 g/mol. The molecule has 1 aromatic carbocycles. The van der Waals surface area contributed by atoms with Crippen molar-refractivity contribution < 1.29 is 0 Å². The molecular weight excluding hydrogens is 265 g/mol. The van der Waals surface area contributed by atoms with Crippen molar-refractivity contribution in [2.75, 3.05) is 13.1 Å². The Balaban J connectivity index is 2.71. The van der Waals surface area contributed by atoms with E-state index in [1.54, 1.807) is 0 Å². The fourth-order valence-electron chi connectivity index (χ4n) is 2.26. The Morgan fingerprint density at radius 2 is 1.94 bits per heavy atom. The maximum Gasteiger partial charge on any atom is 0.0439 e. The molecule has 0 aliphatic carbocycles. The van der Waals surface area contributed by atoms with Crippen LogP contribution in [0.3, 0.4) is 0 Å². The van der Waals surface area contributed by atoms with E-state index in [0.29, 0.717) is 11.8 Å². The Hall–Kier alpha value is -0.240. The Labute approximate surface area is 121 Å². The first-order chi connectivity index (χ1) is 8.52. The first-order valence-corrected chi connectivity index (χ1v) is 7.43. The van der Waals surface area contributed by atoms with Gasteiger partial charge in [-0.15, -0.1) is 0 Å². The van der Waals surface area contributed by atoms with Crippen LogP contribution in [0, 0.1) is 11.8 Å². The lowest BCUT2D eigenvalue weighted by Gasteiger charge is -2.20. The minimum absolute atomic E-state index is 0.612. The molecule has 0 aromatic heterocycles. The number of nitrogens with one attached hydrogen (secondary N) is 1. The van der Waals surface area contributed by atoms with Crippen molar-refractivity contribution in [3.8, 4) is 0 Å². The lowest BCUT2D eigenvalue weighted by atomic mass is 9.91. The van der Waals surface area contributed by atoms with Gasteiger partial charge in [-0.2, -0.15) is 0 Å². The molecule has 0 aliphatic rings. The van der Waals surface area contributed by atoms with Gasteiger partial charge in [0.1, 0.15) is 0 Å². The van der Waals surface area contributed by atoms with Crippen molar-refractivity contribution in [3.63, 3.8) is 0 Å². The highest BCUT2D eigenvalue weighted by Gasteiger charge is 2.13. The van der Waals surface area contributed by atoms with E-state index in [-0.39, 0.29) is 0 Å². The number of rotatable bonds is 7. The minimum atomic E-state index is 0.612. The van der Waals surface area contributed by atoms with E-state index in [0.717, 1.165) is 35.1 Å². The minimum Gasteiger partial charge on any atom is -0.317 e. The second kappa shape index (κ2) is 8.04. The summed E-state index contributed by atoms with van der Waals surface area (Å²) in [4.78, 5) is 0. The summed E-state index contributed by atoms with van der Waals surface area (Å²) < 4.78 is 0. The average Bonchev–Trinajstić information content (AvgIpc) is 2.30. The molecule has 102 valence electrons. The van der Waals surface area contributed by atoms with Crippen LogP contribution in [0.15, 0.2) is 18.2 Å². The second-order valence-corrected chi connectivity index (χ2v) is 6.09. The van der Waals surface area contributed by atoms with Gasteiger partial charge in [0.15, 0.2) is 0 Å². The summed E-state index contributed by atoms with van der Waals surface area (Å²) in [5.41, 5.74) is 1.16. The molecule has 0 heterocycles. The SMILES string of the molecule is CCNCC(Cc1cc(Cl)ccc1Cl)CC(C)C. The largest absolute Gasteiger partial charge is 0.317 e. The van der Waals surface area contributed by atoms with Crippen molar-refractivity contribution in [1.29, 1.82) is 0 Å². The average molecular weight is 288 g/mol. The van der Waals surface area contributed by atoms with Gasteiger partial charge in [0.25, 0.3) is 0 Å². The van der Waals surface area contributed by atoms with Crippen molar-refractivity contribution in [2.45, 2.75) is 33.6 Å². The van der Waals surface area contributed by atoms with Crippen LogP contribution in [0.25, 0.3) is 0 Å². The van der Waals surface area contributed by atoms with Gasteiger partial charge in [0, 0.05) is 10.0 Å². The van der Waals surface area contributed by atoms with Crippen molar-refractivity contribution in [2.24, 2.45) is 11.8 Å². The molecule has 0 fully saturated rings. The molecule has 0 bridgehead atoms. The van der Waals surface area contributed by atoms with E-state index in [9.17, 15) is 0 Å². The molecule has 0 amide bonds. The molecule has 1 N–H and O–H groups in total. The fourth-order valence-corrected chi connectivity index (χ4v) is 2.65. The topological polar surface area (TPSA) is 12.0 Å². The van der Waals surface area contributed by atoms with Gasteiger partial charge < -0.3 is 5.32 Å². The summed E-state index contributed by atoms with van der Waals surface area (Å²) in [6.07, 6.45) is 2.19. The van der Waals surface area contributed by atoms with Gasteiger partial charge >= 0.3 is 0 Å². The van der Waals surface area contributed by atoms with Gasteiger partial charge in [-0.25, -0.2) is 0 Å². The molecule has 1 nitrogen and oxygen atoms in total. The first kappa shape index (κ1) is 15.8. The Kier molecular flexibility index (Phi) is 7.06. The smallest absolute Gasteiger partial charge is 0.0439 e. The molecule has 0 radical (unpaired) electrons. The first-order valence-electron chi connectivity index (χ1n) is 6.67. The summed E-state index contributed by atoms with van der Waals surface area (Å²) in [7, 11) is 0.